The van der Waals surface area contributed by atoms with Gasteiger partial charge in [0.25, 0.3) is 0 Å². The summed E-state index contributed by atoms with van der Waals surface area (Å²) in [5.74, 6) is -4.47. The third-order valence-corrected chi connectivity index (χ3v) is 7.99. The molecule has 13 nitrogen and oxygen atoms in total. The van der Waals surface area contributed by atoms with Gasteiger partial charge in [0.2, 0.25) is 11.8 Å². The lowest BCUT2D eigenvalue weighted by Gasteiger charge is -2.20. The number of rotatable bonds is 12. The molecule has 0 radical (unpaired) electrons. The first kappa shape index (κ1) is 39.7. The van der Waals surface area contributed by atoms with E-state index in [-0.39, 0.29) is 34.5 Å². The maximum atomic E-state index is 14.5. The number of carboxylic acid groups (broad SMARTS) is 1. The number of esters is 1. The van der Waals surface area contributed by atoms with E-state index < -0.39 is 95.5 Å². The van der Waals surface area contributed by atoms with Crippen LogP contribution in [0.15, 0.2) is 73.1 Å². The number of carbonyl (C=O) groups is 4. The minimum Gasteiger partial charge on any atom is -0.480 e. The zero-order valence-corrected chi connectivity index (χ0v) is 28.4. The molecule has 0 saturated heterocycles. The third-order valence-electron chi connectivity index (χ3n) is 7.99. The molecule has 3 heterocycles. The second-order valence-corrected chi connectivity index (χ2v) is 12.0. The lowest BCUT2D eigenvalue weighted by atomic mass is 10.00. The number of alkyl halides is 6. The standard InChI is InChI=1S/C35H28F7N7O6/c1-17(31(51)44-18(2)32(52)53)43-28(50)12-14-55-33(54)29(49-13-11-25-27(16-49)46-30(45-25)21-5-3-4-6-23(21)36)26-10-9-24(47-48-26)20-8-7-19(34(37,38)39)15-22(20)35(40,41)42/h3-11,13,15-18,29H,12,14H2,1-2H3,(H,43,50)(H,44,51)(H,52,53). The SMILES string of the molecule is CC(NC(=O)C(C)NC(=O)CCOC(=O)C(c1ccc(-c2ccc(C(F)(F)F)cc2C(F)(F)F)nn1)n1ccc2nc(-c3ccccc3F)nc-2c1)C(=O)O. The second-order valence-electron chi connectivity index (χ2n) is 12.0. The van der Waals surface area contributed by atoms with Gasteiger partial charge in [0.15, 0.2) is 11.9 Å². The average molecular weight is 776 g/mol. The minimum absolute atomic E-state index is 0.0254. The normalized spacial score (nSPS) is 13.5. The van der Waals surface area contributed by atoms with Crippen LogP contribution in [0.3, 0.4) is 0 Å². The van der Waals surface area contributed by atoms with Crippen molar-refractivity contribution in [2.75, 3.05) is 6.61 Å². The van der Waals surface area contributed by atoms with Gasteiger partial charge in [0.1, 0.15) is 30.2 Å². The van der Waals surface area contributed by atoms with Crippen LogP contribution in [0.2, 0.25) is 0 Å². The summed E-state index contributed by atoms with van der Waals surface area (Å²) in [6.07, 6.45) is -8.05. The summed E-state index contributed by atoms with van der Waals surface area (Å²) in [6, 6.07) is 6.35. The summed E-state index contributed by atoms with van der Waals surface area (Å²) in [7, 11) is 0. The Morgan fingerprint density at radius 1 is 0.818 bits per heavy atom. The number of carbonyl (C=O) groups excluding carboxylic acids is 3. The smallest absolute Gasteiger partial charge is 0.417 e. The van der Waals surface area contributed by atoms with Crippen molar-refractivity contribution in [2.24, 2.45) is 0 Å². The van der Waals surface area contributed by atoms with Gasteiger partial charge in [-0.2, -0.15) is 36.5 Å². The van der Waals surface area contributed by atoms with Crippen molar-refractivity contribution >= 4 is 23.8 Å². The van der Waals surface area contributed by atoms with E-state index in [9.17, 15) is 49.9 Å². The Morgan fingerprint density at radius 2 is 1.53 bits per heavy atom. The fraction of sp³-hybridized carbons (Fsp3) is 0.257. The zero-order valence-electron chi connectivity index (χ0n) is 28.4. The number of aromatic nitrogens is 5. The molecule has 0 bridgehead atoms. The van der Waals surface area contributed by atoms with Crippen LogP contribution in [0.5, 0.6) is 0 Å². The summed E-state index contributed by atoms with van der Waals surface area (Å²) in [6.45, 7) is 1.97. The monoisotopic (exact) mass is 775 g/mol. The predicted molar refractivity (Wildman–Crippen MR) is 176 cm³/mol. The topological polar surface area (TPSA) is 178 Å². The average Bonchev–Trinajstić information content (AvgIpc) is 3.54. The molecule has 2 aliphatic rings. The van der Waals surface area contributed by atoms with Crippen molar-refractivity contribution in [1.29, 1.82) is 0 Å². The van der Waals surface area contributed by atoms with Crippen LogP contribution < -0.4 is 10.6 Å². The van der Waals surface area contributed by atoms with E-state index in [2.05, 4.69) is 30.8 Å². The van der Waals surface area contributed by atoms with E-state index >= 15 is 0 Å². The molecule has 20 heteroatoms. The molecular formula is C35H28F7N7O6. The highest BCUT2D eigenvalue weighted by Gasteiger charge is 2.39. The molecule has 2 aromatic carbocycles. The van der Waals surface area contributed by atoms with E-state index in [0.717, 1.165) is 12.1 Å². The summed E-state index contributed by atoms with van der Waals surface area (Å²) in [5, 5.41) is 21.2. The Morgan fingerprint density at radius 3 is 2.16 bits per heavy atom. The molecule has 55 heavy (non-hydrogen) atoms. The van der Waals surface area contributed by atoms with Crippen LogP contribution in [0.1, 0.15) is 43.1 Å². The van der Waals surface area contributed by atoms with Gasteiger partial charge in [0.05, 0.1) is 40.2 Å². The summed E-state index contributed by atoms with van der Waals surface area (Å²) in [4.78, 5) is 58.0. The zero-order chi connectivity index (χ0) is 40.2. The quantitative estimate of drug-likeness (QED) is 0.111. The molecule has 0 spiro atoms. The number of nitrogens with one attached hydrogen (secondary N) is 2. The number of hydrogen-bond donors (Lipinski definition) is 3. The number of benzene rings is 2. The maximum Gasteiger partial charge on any atom is 0.417 e. The number of aliphatic carboxylic acids is 1. The lowest BCUT2D eigenvalue weighted by molar-refractivity contribution is -0.147. The van der Waals surface area contributed by atoms with Crippen molar-refractivity contribution in [3.05, 3.63) is 95.7 Å². The molecular weight excluding hydrogens is 747 g/mol. The van der Waals surface area contributed by atoms with Crippen molar-refractivity contribution < 1.29 is 59.8 Å². The number of carboxylic acids is 1. The molecule has 1 aromatic heterocycles. The van der Waals surface area contributed by atoms with Crippen LogP contribution in [0, 0.1) is 5.82 Å². The Balaban J connectivity index is 1.43. The number of pyridine rings is 1. The predicted octanol–water partition coefficient (Wildman–Crippen LogP) is 5.30. The first-order valence-electron chi connectivity index (χ1n) is 16.0. The van der Waals surface area contributed by atoms with E-state index in [4.69, 9.17) is 9.84 Å². The molecule has 2 amide bonds. The first-order valence-corrected chi connectivity index (χ1v) is 16.0. The van der Waals surface area contributed by atoms with Crippen LogP contribution in [-0.4, -0.2) is 72.3 Å². The molecule has 0 aliphatic carbocycles. The molecule has 0 fully saturated rings. The van der Waals surface area contributed by atoms with Crippen molar-refractivity contribution in [3.8, 4) is 34.0 Å². The van der Waals surface area contributed by atoms with E-state index in [1.54, 1.807) is 6.07 Å². The minimum atomic E-state index is -5.21. The number of fused-ring (bicyclic) bond motifs is 1. The van der Waals surface area contributed by atoms with Crippen molar-refractivity contribution in [1.82, 2.24) is 35.4 Å². The highest BCUT2D eigenvalue weighted by Crippen LogP contribution is 2.40. The molecule has 3 N–H and O–H groups in total. The van der Waals surface area contributed by atoms with Gasteiger partial charge in [-0.15, -0.1) is 0 Å². The van der Waals surface area contributed by atoms with Gasteiger partial charge >= 0.3 is 24.3 Å². The highest BCUT2D eigenvalue weighted by molar-refractivity contribution is 5.90. The Hall–Kier alpha value is -6.47. The van der Waals surface area contributed by atoms with Crippen LogP contribution in [0.4, 0.5) is 30.7 Å². The van der Waals surface area contributed by atoms with E-state index in [1.165, 1.54) is 55.1 Å². The molecule has 2 aliphatic heterocycles. The largest absolute Gasteiger partial charge is 0.480 e. The van der Waals surface area contributed by atoms with Crippen molar-refractivity contribution in [2.45, 2.75) is 50.7 Å². The van der Waals surface area contributed by atoms with Crippen LogP contribution in [0.25, 0.3) is 34.0 Å². The molecule has 3 atom stereocenters. The number of amides is 2. The fourth-order valence-corrected chi connectivity index (χ4v) is 5.16. The molecule has 5 rings (SSSR count). The second kappa shape index (κ2) is 15.9. The number of nitrogens with zero attached hydrogens (tertiary/aromatic N) is 5. The van der Waals surface area contributed by atoms with Gasteiger partial charge < -0.3 is 25.0 Å². The van der Waals surface area contributed by atoms with Gasteiger partial charge in [-0.25, -0.2) is 19.2 Å². The highest BCUT2D eigenvalue weighted by atomic mass is 19.4. The van der Waals surface area contributed by atoms with Gasteiger partial charge in [-0.3, -0.25) is 14.4 Å². The van der Waals surface area contributed by atoms with Gasteiger partial charge in [-0.05, 0) is 56.3 Å². The molecule has 3 aromatic rings. The number of ether oxygens (including phenoxy) is 1. The van der Waals surface area contributed by atoms with Crippen LogP contribution in [-0.2, 0) is 36.3 Å². The summed E-state index contributed by atoms with van der Waals surface area (Å²) >= 11 is 0. The summed E-state index contributed by atoms with van der Waals surface area (Å²) in [5.41, 5.74) is -4.00. The van der Waals surface area contributed by atoms with E-state index in [0.29, 0.717) is 12.1 Å². The number of imidazole rings is 1. The lowest BCUT2D eigenvalue weighted by Crippen LogP contribution is -2.49. The Labute approximate surface area is 305 Å². The first-order chi connectivity index (χ1) is 25.8. The van der Waals surface area contributed by atoms with Crippen molar-refractivity contribution in [3.63, 3.8) is 0 Å². The van der Waals surface area contributed by atoms with Gasteiger partial charge in [0, 0.05) is 18.0 Å². The number of halogens is 7. The fourth-order valence-electron chi connectivity index (χ4n) is 5.16. The third kappa shape index (κ3) is 9.37. The number of hydrogen-bond acceptors (Lipinski definition) is 9. The summed E-state index contributed by atoms with van der Waals surface area (Å²) < 4.78 is 102. The molecule has 0 saturated carbocycles. The Kier molecular flexibility index (Phi) is 11.5. The van der Waals surface area contributed by atoms with E-state index in [1.807, 2.05) is 0 Å². The Bertz CT molecular complexity index is 2190. The molecule has 288 valence electrons. The van der Waals surface area contributed by atoms with Crippen LogP contribution >= 0.6 is 0 Å². The maximum absolute atomic E-state index is 14.5. The molecule has 3 unspecified atom stereocenters. The van der Waals surface area contributed by atoms with Gasteiger partial charge in [-0.1, -0.05) is 18.2 Å².